The Morgan fingerprint density at radius 2 is 2.28 bits per heavy atom. The van der Waals surface area contributed by atoms with E-state index >= 15 is 0 Å². The van der Waals surface area contributed by atoms with Crippen molar-refractivity contribution in [3.8, 4) is 0 Å². The van der Waals surface area contributed by atoms with Gasteiger partial charge in [-0.1, -0.05) is 6.92 Å². The van der Waals surface area contributed by atoms with E-state index in [1.807, 2.05) is 4.90 Å². The van der Waals surface area contributed by atoms with Crippen molar-refractivity contribution in [3.63, 3.8) is 0 Å². The van der Waals surface area contributed by atoms with Crippen molar-refractivity contribution in [2.45, 2.75) is 39.3 Å². The molecule has 1 fully saturated rings. The normalized spacial score (nSPS) is 21.7. The van der Waals surface area contributed by atoms with Crippen LogP contribution in [0.25, 0.3) is 0 Å². The first kappa shape index (κ1) is 15.4. The van der Waals surface area contributed by atoms with Crippen LogP contribution < -0.4 is 0 Å². The highest BCUT2D eigenvalue weighted by molar-refractivity contribution is 5.69. The summed E-state index contributed by atoms with van der Waals surface area (Å²) in [4.78, 5) is 15.2. The van der Waals surface area contributed by atoms with Crippen LogP contribution in [0.4, 0.5) is 0 Å². The third-order valence-electron chi connectivity index (χ3n) is 3.26. The molecule has 0 aromatic heterocycles. The number of carbonyl (C=O) groups is 1. The third-order valence-corrected chi connectivity index (χ3v) is 3.26. The molecule has 0 aliphatic carbocycles. The Kier molecular flexibility index (Phi) is 6.60. The van der Waals surface area contributed by atoms with Crippen LogP contribution in [-0.2, 0) is 9.53 Å². The van der Waals surface area contributed by atoms with Crippen molar-refractivity contribution >= 4 is 5.97 Å². The molecule has 5 nitrogen and oxygen atoms in total. The largest absolute Gasteiger partial charge is 0.480 e. The number of morpholine rings is 1. The van der Waals surface area contributed by atoms with Crippen molar-refractivity contribution in [1.82, 2.24) is 9.80 Å². The van der Waals surface area contributed by atoms with Gasteiger partial charge in [0.15, 0.2) is 0 Å². The Hall–Kier alpha value is -0.650. The van der Waals surface area contributed by atoms with E-state index in [0.29, 0.717) is 12.6 Å². The van der Waals surface area contributed by atoms with Crippen LogP contribution in [0.15, 0.2) is 0 Å². The second-order valence-electron chi connectivity index (χ2n) is 5.21. The SMILES string of the molecule is CCCN(CC(=O)O)CC1CN(C(C)C)CCO1. The molecule has 0 bridgehead atoms. The molecule has 106 valence electrons. The topological polar surface area (TPSA) is 53.0 Å². The second-order valence-corrected chi connectivity index (χ2v) is 5.21. The van der Waals surface area contributed by atoms with Gasteiger partial charge in [-0.25, -0.2) is 0 Å². The summed E-state index contributed by atoms with van der Waals surface area (Å²) in [5.41, 5.74) is 0. The molecule has 1 unspecified atom stereocenters. The predicted molar refractivity (Wildman–Crippen MR) is 70.8 cm³/mol. The van der Waals surface area contributed by atoms with Gasteiger partial charge in [0.25, 0.3) is 0 Å². The lowest BCUT2D eigenvalue weighted by molar-refractivity contribution is -0.139. The standard InChI is InChI=1S/C13H26N2O3/c1-4-5-14(10-13(16)17)8-12-9-15(11(2)3)6-7-18-12/h11-12H,4-10H2,1-3H3,(H,16,17). The summed E-state index contributed by atoms with van der Waals surface area (Å²) in [7, 11) is 0. The minimum absolute atomic E-state index is 0.107. The first-order chi connectivity index (χ1) is 8.52. The first-order valence-electron chi connectivity index (χ1n) is 6.82. The van der Waals surface area contributed by atoms with Crippen molar-refractivity contribution in [3.05, 3.63) is 0 Å². The summed E-state index contributed by atoms with van der Waals surface area (Å²) >= 11 is 0. The van der Waals surface area contributed by atoms with E-state index in [9.17, 15) is 4.79 Å². The maximum atomic E-state index is 10.8. The first-order valence-corrected chi connectivity index (χ1v) is 6.82. The van der Waals surface area contributed by atoms with Gasteiger partial charge in [-0.2, -0.15) is 0 Å². The lowest BCUT2D eigenvalue weighted by atomic mass is 10.2. The van der Waals surface area contributed by atoms with E-state index in [-0.39, 0.29) is 12.6 Å². The summed E-state index contributed by atoms with van der Waals surface area (Å²) < 4.78 is 5.74. The zero-order valence-corrected chi connectivity index (χ0v) is 11.8. The summed E-state index contributed by atoms with van der Waals surface area (Å²) in [6, 6.07) is 0.524. The average molecular weight is 258 g/mol. The molecule has 18 heavy (non-hydrogen) atoms. The van der Waals surface area contributed by atoms with E-state index in [4.69, 9.17) is 9.84 Å². The molecule has 1 saturated heterocycles. The molecule has 1 atom stereocenters. The maximum Gasteiger partial charge on any atom is 0.317 e. The minimum Gasteiger partial charge on any atom is -0.480 e. The molecule has 1 rings (SSSR count). The number of hydrogen-bond donors (Lipinski definition) is 1. The van der Waals surface area contributed by atoms with Gasteiger partial charge in [-0.3, -0.25) is 14.6 Å². The molecule has 1 N–H and O–H groups in total. The van der Waals surface area contributed by atoms with E-state index < -0.39 is 5.97 Å². The Balaban J connectivity index is 2.44. The smallest absolute Gasteiger partial charge is 0.317 e. The van der Waals surface area contributed by atoms with Crippen molar-refractivity contribution < 1.29 is 14.6 Å². The van der Waals surface area contributed by atoms with E-state index in [1.165, 1.54) is 0 Å². The highest BCUT2D eigenvalue weighted by atomic mass is 16.5. The zero-order chi connectivity index (χ0) is 13.5. The number of nitrogens with zero attached hydrogens (tertiary/aromatic N) is 2. The number of rotatable bonds is 7. The Bertz CT molecular complexity index is 259. The molecule has 1 heterocycles. The van der Waals surface area contributed by atoms with Crippen LogP contribution in [0.3, 0.4) is 0 Å². The van der Waals surface area contributed by atoms with Crippen molar-refractivity contribution in [1.29, 1.82) is 0 Å². The summed E-state index contributed by atoms with van der Waals surface area (Å²) in [6.45, 7) is 10.7. The second kappa shape index (κ2) is 7.71. The van der Waals surface area contributed by atoms with Gasteiger partial charge >= 0.3 is 5.97 Å². The Morgan fingerprint density at radius 1 is 1.56 bits per heavy atom. The monoisotopic (exact) mass is 258 g/mol. The Labute approximate surface area is 110 Å². The quantitative estimate of drug-likeness (QED) is 0.735. The molecule has 1 aliphatic heterocycles. The van der Waals surface area contributed by atoms with E-state index in [1.54, 1.807) is 0 Å². The van der Waals surface area contributed by atoms with Gasteiger partial charge in [0.05, 0.1) is 19.3 Å². The average Bonchev–Trinajstić information content (AvgIpc) is 2.28. The lowest BCUT2D eigenvalue weighted by Crippen LogP contribution is -2.50. The van der Waals surface area contributed by atoms with Crippen LogP contribution in [0, 0.1) is 0 Å². The summed E-state index contributed by atoms with van der Waals surface area (Å²) in [5, 5.41) is 8.89. The van der Waals surface area contributed by atoms with Gasteiger partial charge in [-0.05, 0) is 26.8 Å². The molecule has 0 amide bonds. The fourth-order valence-corrected chi connectivity index (χ4v) is 2.35. The van der Waals surface area contributed by atoms with Crippen LogP contribution in [-0.4, -0.2) is 72.4 Å². The maximum absolute atomic E-state index is 10.8. The van der Waals surface area contributed by atoms with E-state index in [2.05, 4.69) is 25.7 Å². The number of carboxylic acid groups (broad SMARTS) is 1. The number of hydrogen-bond acceptors (Lipinski definition) is 4. The molecular weight excluding hydrogens is 232 g/mol. The molecular formula is C13H26N2O3. The highest BCUT2D eigenvalue weighted by Crippen LogP contribution is 2.10. The summed E-state index contributed by atoms with van der Waals surface area (Å²) in [6.07, 6.45) is 1.10. The van der Waals surface area contributed by atoms with Gasteiger partial charge < -0.3 is 9.84 Å². The summed E-state index contributed by atoms with van der Waals surface area (Å²) in [5.74, 6) is -0.764. The molecule has 1 aliphatic rings. The highest BCUT2D eigenvalue weighted by Gasteiger charge is 2.24. The van der Waals surface area contributed by atoms with Crippen molar-refractivity contribution in [2.24, 2.45) is 0 Å². The molecule has 0 saturated carbocycles. The van der Waals surface area contributed by atoms with Crippen LogP contribution >= 0.6 is 0 Å². The molecule has 5 heteroatoms. The fourth-order valence-electron chi connectivity index (χ4n) is 2.35. The third kappa shape index (κ3) is 5.33. The number of ether oxygens (including phenoxy) is 1. The van der Waals surface area contributed by atoms with Gasteiger partial charge in [-0.15, -0.1) is 0 Å². The molecule has 0 radical (unpaired) electrons. The van der Waals surface area contributed by atoms with E-state index in [0.717, 1.165) is 32.7 Å². The lowest BCUT2D eigenvalue weighted by Gasteiger charge is -2.37. The van der Waals surface area contributed by atoms with Gasteiger partial charge in [0.2, 0.25) is 0 Å². The van der Waals surface area contributed by atoms with Crippen molar-refractivity contribution in [2.75, 3.05) is 39.3 Å². The molecule has 0 aromatic rings. The molecule has 0 aromatic carbocycles. The Morgan fingerprint density at radius 3 is 2.83 bits per heavy atom. The molecule has 0 spiro atoms. The van der Waals surface area contributed by atoms with Crippen LogP contribution in [0.5, 0.6) is 0 Å². The van der Waals surface area contributed by atoms with Crippen LogP contribution in [0.2, 0.25) is 0 Å². The van der Waals surface area contributed by atoms with Gasteiger partial charge in [0.1, 0.15) is 0 Å². The fraction of sp³-hybridized carbons (Fsp3) is 0.923. The number of carboxylic acids is 1. The predicted octanol–water partition coefficient (Wildman–Crippen LogP) is 0.892. The minimum atomic E-state index is -0.764. The van der Waals surface area contributed by atoms with Gasteiger partial charge in [0, 0.05) is 25.7 Å². The zero-order valence-electron chi connectivity index (χ0n) is 11.8. The van der Waals surface area contributed by atoms with Crippen LogP contribution in [0.1, 0.15) is 27.2 Å². The number of aliphatic carboxylic acids is 1.